The van der Waals surface area contributed by atoms with Crippen molar-refractivity contribution in [2.24, 2.45) is 5.73 Å². The van der Waals surface area contributed by atoms with Crippen molar-refractivity contribution in [1.29, 1.82) is 0 Å². The van der Waals surface area contributed by atoms with Crippen molar-refractivity contribution in [3.05, 3.63) is 11.6 Å². The second kappa shape index (κ2) is 4.82. The molecule has 7 heteroatoms. The van der Waals surface area contributed by atoms with Crippen molar-refractivity contribution in [2.75, 3.05) is 13.7 Å². The van der Waals surface area contributed by atoms with E-state index >= 15 is 0 Å². The predicted molar refractivity (Wildman–Crippen MR) is 71.6 cm³/mol. The molecule has 2 aliphatic rings. The molecule has 0 saturated heterocycles. The Kier molecular flexibility index (Phi) is 3.25. The number of fused-ring (bicyclic) bond motifs is 1. The average molecular weight is 279 g/mol. The van der Waals surface area contributed by atoms with Gasteiger partial charge in [0.25, 0.3) is 0 Å². The summed E-state index contributed by atoms with van der Waals surface area (Å²) in [4.78, 5) is 14.3. The van der Waals surface area contributed by atoms with Gasteiger partial charge in [-0.2, -0.15) is 0 Å². The zero-order valence-electron chi connectivity index (χ0n) is 12.0. The van der Waals surface area contributed by atoms with Crippen LogP contribution in [0.1, 0.15) is 43.9 Å². The van der Waals surface area contributed by atoms with Gasteiger partial charge < -0.3 is 19.9 Å². The molecule has 2 heterocycles. The number of nitrogens with two attached hydrogens (primary N) is 1. The van der Waals surface area contributed by atoms with E-state index < -0.39 is 5.54 Å². The lowest BCUT2D eigenvalue weighted by atomic mass is 9.76. The van der Waals surface area contributed by atoms with E-state index in [2.05, 4.69) is 21.7 Å². The number of aromatic nitrogens is 3. The molecule has 1 aromatic heterocycles. The Balaban J connectivity index is 1.81. The molecular formula is C13H21N5O2. The number of amides is 1. The number of hydrogen-bond acceptors (Lipinski definition) is 5. The summed E-state index contributed by atoms with van der Waals surface area (Å²) < 4.78 is 7.20. The maximum absolute atomic E-state index is 12.5. The van der Waals surface area contributed by atoms with E-state index in [1.807, 2.05) is 4.90 Å². The number of rotatable bonds is 3. The quantitative estimate of drug-likeness (QED) is 0.854. The van der Waals surface area contributed by atoms with Crippen LogP contribution in [0.2, 0.25) is 0 Å². The van der Waals surface area contributed by atoms with E-state index in [0.29, 0.717) is 19.7 Å². The van der Waals surface area contributed by atoms with Crippen LogP contribution in [-0.4, -0.2) is 44.8 Å². The van der Waals surface area contributed by atoms with Crippen LogP contribution in [0.5, 0.6) is 0 Å². The minimum atomic E-state index is -0.642. The Bertz CT molecular complexity index is 523. The summed E-state index contributed by atoms with van der Waals surface area (Å²) in [6, 6.07) is 0.145. The molecule has 110 valence electrons. The summed E-state index contributed by atoms with van der Waals surface area (Å²) in [5.74, 6) is 1.68. The second-order valence-corrected chi connectivity index (χ2v) is 5.88. The molecule has 0 radical (unpaired) electrons. The predicted octanol–water partition coefficient (Wildman–Crippen LogP) is 0.209. The summed E-state index contributed by atoms with van der Waals surface area (Å²) in [6.45, 7) is 3.64. The molecule has 3 rings (SSSR count). The lowest BCUT2D eigenvalue weighted by Gasteiger charge is -2.42. The van der Waals surface area contributed by atoms with Crippen LogP contribution in [0.4, 0.5) is 0 Å². The number of nitrogens with zero attached hydrogens (tertiary/aromatic N) is 4. The van der Waals surface area contributed by atoms with Crippen molar-refractivity contribution in [3.63, 3.8) is 0 Å². The Morgan fingerprint density at radius 2 is 2.25 bits per heavy atom. The van der Waals surface area contributed by atoms with Gasteiger partial charge >= 0.3 is 0 Å². The summed E-state index contributed by atoms with van der Waals surface area (Å²) in [5, 5.41) is 8.33. The van der Waals surface area contributed by atoms with E-state index in [1.54, 1.807) is 7.11 Å². The van der Waals surface area contributed by atoms with Crippen LogP contribution in [0.25, 0.3) is 0 Å². The molecule has 1 atom stereocenters. The van der Waals surface area contributed by atoms with Gasteiger partial charge in [0.1, 0.15) is 6.61 Å². The van der Waals surface area contributed by atoms with Crippen molar-refractivity contribution in [3.8, 4) is 0 Å². The number of ether oxygens (including phenoxy) is 1. The zero-order chi connectivity index (χ0) is 14.3. The van der Waals surface area contributed by atoms with Crippen LogP contribution >= 0.6 is 0 Å². The van der Waals surface area contributed by atoms with Crippen LogP contribution in [0, 0.1) is 0 Å². The van der Waals surface area contributed by atoms with E-state index in [0.717, 1.165) is 30.9 Å². The van der Waals surface area contributed by atoms with E-state index in [9.17, 15) is 4.79 Å². The molecule has 1 fully saturated rings. The smallest absolute Gasteiger partial charge is 0.243 e. The van der Waals surface area contributed by atoms with Gasteiger partial charge in [-0.1, -0.05) is 0 Å². The Hall–Kier alpha value is -1.47. The number of methoxy groups -OCH3 is 1. The average Bonchev–Trinajstić information content (AvgIpc) is 2.79. The maximum Gasteiger partial charge on any atom is 0.243 e. The lowest BCUT2D eigenvalue weighted by molar-refractivity contribution is -0.142. The van der Waals surface area contributed by atoms with Crippen LogP contribution in [0.15, 0.2) is 0 Å². The lowest BCUT2D eigenvalue weighted by Crippen LogP contribution is -2.60. The fourth-order valence-electron chi connectivity index (χ4n) is 3.08. The molecule has 1 amide bonds. The molecule has 1 aliphatic carbocycles. The SMILES string of the molecule is COCc1nnc2n1[C@@H](C)CN(C(=O)C1(N)CCC1)C2. The first-order valence-electron chi connectivity index (χ1n) is 7.05. The van der Waals surface area contributed by atoms with Crippen molar-refractivity contribution >= 4 is 5.91 Å². The van der Waals surface area contributed by atoms with Crippen LogP contribution in [-0.2, 0) is 22.7 Å². The normalized spacial score (nSPS) is 24.1. The van der Waals surface area contributed by atoms with Gasteiger partial charge in [-0.15, -0.1) is 10.2 Å². The summed E-state index contributed by atoms with van der Waals surface area (Å²) in [5.41, 5.74) is 5.50. The molecule has 7 nitrogen and oxygen atoms in total. The molecular weight excluding hydrogens is 258 g/mol. The first kappa shape index (κ1) is 13.5. The topological polar surface area (TPSA) is 86.3 Å². The third-order valence-electron chi connectivity index (χ3n) is 4.33. The third kappa shape index (κ3) is 2.01. The molecule has 0 unspecified atom stereocenters. The molecule has 1 saturated carbocycles. The van der Waals surface area contributed by atoms with Gasteiger partial charge in [0.2, 0.25) is 5.91 Å². The molecule has 0 spiro atoms. The fourth-order valence-corrected chi connectivity index (χ4v) is 3.08. The number of hydrogen-bond donors (Lipinski definition) is 1. The Morgan fingerprint density at radius 1 is 1.50 bits per heavy atom. The zero-order valence-corrected chi connectivity index (χ0v) is 12.0. The first-order chi connectivity index (χ1) is 9.55. The fraction of sp³-hybridized carbons (Fsp3) is 0.769. The third-order valence-corrected chi connectivity index (χ3v) is 4.33. The van der Waals surface area contributed by atoms with E-state index in [-0.39, 0.29) is 11.9 Å². The molecule has 1 aliphatic heterocycles. The minimum Gasteiger partial charge on any atom is -0.377 e. The summed E-state index contributed by atoms with van der Waals surface area (Å²) >= 11 is 0. The standard InChI is InChI=1S/C13H21N5O2/c1-9-6-17(12(19)13(14)4-3-5-13)7-10-15-16-11(8-20-2)18(9)10/h9H,3-8,14H2,1-2H3/t9-/m0/s1. The van der Waals surface area contributed by atoms with Gasteiger partial charge in [-0.05, 0) is 26.2 Å². The highest BCUT2D eigenvalue weighted by Gasteiger charge is 2.44. The maximum atomic E-state index is 12.5. The van der Waals surface area contributed by atoms with Crippen LogP contribution in [0.3, 0.4) is 0 Å². The van der Waals surface area contributed by atoms with Crippen molar-refractivity contribution in [1.82, 2.24) is 19.7 Å². The largest absolute Gasteiger partial charge is 0.377 e. The molecule has 1 aromatic rings. The van der Waals surface area contributed by atoms with E-state index in [4.69, 9.17) is 10.5 Å². The van der Waals surface area contributed by atoms with Crippen molar-refractivity contribution in [2.45, 2.75) is 50.9 Å². The molecule has 0 bridgehead atoms. The first-order valence-corrected chi connectivity index (χ1v) is 7.05. The van der Waals surface area contributed by atoms with Gasteiger partial charge in [-0.3, -0.25) is 4.79 Å². The second-order valence-electron chi connectivity index (χ2n) is 5.88. The Labute approximate surface area is 118 Å². The monoisotopic (exact) mass is 279 g/mol. The highest BCUT2D eigenvalue weighted by atomic mass is 16.5. The van der Waals surface area contributed by atoms with E-state index in [1.165, 1.54) is 0 Å². The number of carbonyl (C=O) groups excluding carboxylic acids is 1. The molecule has 0 aromatic carbocycles. The number of carbonyl (C=O) groups is 1. The minimum absolute atomic E-state index is 0.0538. The Morgan fingerprint density at radius 3 is 2.85 bits per heavy atom. The van der Waals surface area contributed by atoms with Crippen molar-refractivity contribution < 1.29 is 9.53 Å². The molecule has 2 N–H and O–H groups in total. The van der Waals surface area contributed by atoms with Gasteiger partial charge in [0, 0.05) is 13.7 Å². The summed E-state index contributed by atoms with van der Waals surface area (Å²) in [6.07, 6.45) is 2.62. The van der Waals surface area contributed by atoms with Crippen LogP contribution < -0.4 is 5.73 Å². The molecule has 20 heavy (non-hydrogen) atoms. The highest BCUT2D eigenvalue weighted by molar-refractivity contribution is 5.87. The van der Waals surface area contributed by atoms with Gasteiger partial charge in [0.05, 0.1) is 18.1 Å². The van der Waals surface area contributed by atoms with Gasteiger partial charge in [-0.25, -0.2) is 0 Å². The highest BCUT2D eigenvalue weighted by Crippen LogP contribution is 2.33. The summed E-state index contributed by atoms with van der Waals surface area (Å²) in [7, 11) is 1.64. The van der Waals surface area contributed by atoms with Gasteiger partial charge in [0.15, 0.2) is 11.6 Å².